The first-order chi connectivity index (χ1) is 10.2. The van der Waals surface area contributed by atoms with Crippen molar-refractivity contribution in [1.82, 2.24) is 19.8 Å². The molecule has 0 fully saturated rings. The van der Waals surface area contributed by atoms with Gasteiger partial charge in [0.25, 0.3) is 0 Å². The van der Waals surface area contributed by atoms with Crippen LogP contribution in [0.5, 0.6) is 11.5 Å². The average Bonchev–Trinajstić information content (AvgIpc) is 3.06. The lowest BCUT2D eigenvalue weighted by molar-refractivity contribution is 0.355. The van der Waals surface area contributed by atoms with Gasteiger partial charge < -0.3 is 15.2 Å². The SMILES string of the molecule is CCc1nnc2sc(-c3cc(OC)c(OC)cc3N)nn12. The Morgan fingerprint density at radius 2 is 1.90 bits per heavy atom. The number of nitrogens with two attached hydrogens (primary N) is 1. The van der Waals surface area contributed by atoms with Gasteiger partial charge in [0.15, 0.2) is 17.3 Å². The van der Waals surface area contributed by atoms with Crippen LogP contribution in [0.3, 0.4) is 0 Å². The van der Waals surface area contributed by atoms with Crippen molar-refractivity contribution in [2.45, 2.75) is 13.3 Å². The van der Waals surface area contributed by atoms with E-state index in [1.165, 1.54) is 11.3 Å². The standard InChI is InChI=1S/C13H15N5O2S/c1-4-11-15-16-13-18(11)17-12(21-13)7-5-9(19-2)10(20-3)6-8(7)14/h5-6H,4,14H2,1-3H3. The number of aromatic nitrogens is 4. The third kappa shape index (κ3) is 2.17. The predicted molar refractivity (Wildman–Crippen MR) is 81.0 cm³/mol. The van der Waals surface area contributed by atoms with Gasteiger partial charge in [0.1, 0.15) is 5.01 Å². The number of fused-ring (bicyclic) bond motifs is 1. The van der Waals surface area contributed by atoms with Crippen LogP contribution >= 0.6 is 11.3 Å². The second-order valence-electron chi connectivity index (χ2n) is 4.37. The van der Waals surface area contributed by atoms with Crippen LogP contribution in [0.4, 0.5) is 5.69 Å². The zero-order chi connectivity index (χ0) is 15.0. The van der Waals surface area contributed by atoms with E-state index in [-0.39, 0.29) is 0 Å². The molecule has 0 radical (unpaired) electrons. The molecule has 2 aromatic heterocycles. The third-order valence-corrected chi connectivity index (χ3v) is 4.09. The first-order valence-corrected chi connectivity index (χ1v) is 7.22. The molecular weight excluding hydrogens is 290 g/mol. The minimum Gasteiger partial charge on any atom is -0.493 e. The molecule has 0 saturated heterocycles. The van der Waals surface area contributed by atoms with Gasteiger partial charge in [0, 0.05) is 23.7 Å². The highest BCUT2D eigenvalue weighted by Gasteiger charge is 2.16. The molecule has 7 nitrogen and oxygen atoms in total. The van der Waals surface area contributed by atoms with Gasteiger partial charge in [-0.3, -0.25) is 0 Å². The predicted octanol–water partition coefficient (Wildman–Crippen LogP) is 2.01. The number of anilines is 1. The van der Waals surface area contributed by atoms with Crippen LogP contribution in [-0.2, 0) is 6.42 Å². The highest BCUT2D eigenvalue weighted by molar-refractivity contribution is 7.19. The molecule has 3 aromatic rings. The molecule has 1 aromatic carbocycles. The highest BCUT2D eigenvalue weighted by atomic mass is 32.1. The van der Waals surface area contributed by atoms with Gasteiger partial charge in [0.05, 0.1) is 14.2 Å². The third-order valence-electron chi connectivity index (χ3n) is 3.16. The van der Waals surface area contributed by atoms with Crippen LogP contribution in [0.15, 0.2) is 12.1 Å². The largest absolute Gasteiger partial charge is 0.493 e. The van der Waals surface area contributed by atoms with E-state index < -0.39 is 0 Å². The van der Waals surface area contributed by atoms with Crippen molar-refractivity contribution in [3.63, 3.8) is 0 Å². The van der Waals surface area contributed by atoms with Crippen molar-refractivity contribution < 1.29 is 9.47 Å². The molecule has 110 valence electrons. The second-order valence-corrected chi connectivity index (χ2v) is 5.32. The van der Waals surface area contributed by atoms with Crippen molar-refractivity contribution in [1.29, 1.82) is 0 Å². The Morgan fingerprint density at radius 3 is 2.57 bits per heavy atom. The molecular formula is C13H15N5O2S. The molecule has 0 atom stereocenters. The number of methoxy groups -OCH3 is 2. The maximum atomic E-state index is 6.10. The fourth-order valence-electron chi connectivity index (χ4n) is 2.07. The second kappa shape index (κ2) is 5.21. The summed E-state index contributed by atoms with van der Waals surface area (Å²) in [5.74, 6) is 2.03. The Kier molecular flexibility index (Phi) is 3.38. The van der Waals surface area contributed by atoms with Crippen molar-refractivity contribution in [2.24, 2.45) is 0 Å². The zero-order valence-electron chi connectivity index (χ0n) is 12.0. The Morgan fingerprint density at radius 1 is 1.19 bits per heavy atom. The van der Waals surface area contributed by atoms with Crippen LogP contribution < -0.4 is 15.2 Å². The summed E-state index contributed by atoms with van der Waals surface area (Å²) in [4.78, 5) is 0.746. The molecule has 21 heavy (non-hydrogen) atoms. The van der Waals surface area contributed by atoms with Crippen LogP contribution in [0.2, 0.25) is 0 Å². The Labute approximate surface area is 125 Å². The van der Waals surface area contributed by atoms with Crippen molar-refractivity contribution in [3.8, 4) is 22.1 Å². The summed E-state index contributed by atoms with van der Waals surface area (Å²) in [6, 6.07) is 3.56. The molecule has 0 bridgehead atoms. The molecule has 0 unspecified atom stereocenters. The number of rotatable bonds is 4. The van der Waals surface area contributed by atoms with Gasteiger partial charge >= 0.3 is 0 Å². The summed E-state index contributed by atoms with van der Waals surface area (Å²) in [6.45, 7) is 2.01. The van der Waals surface area contributed by atoms with Crippen LogP contribution in [-0.4, -0.2) is 34.0 Å². The van der Waals surface area contributed by atoms with Crippen molar-refractivity contribution in [3.05, 3.63) is 18.0 Å². The molecule has 0 aliphatic rings. The van der Waals surface area contributed by atoms with Crippen LogP contribution in [0.1, 0.15) is 12.7 Å². The number of nitrogens with zero attached hydrogens (tertiary/aromatic N) is 4. The highest BCUT2D eigenvalue weighted by Crippen LogP contribution is 2.38. The molecule has 0 amide bonds. The zero-order valence-corrected chi connectivity index (χ0v) is 12.8. The number of hydrogen-bond donors (Lipinski definition) is 1. The van der Waals surface area contributed by atoms with Gasteiger partial charge in [-0.1, -0.05) is 18.3 Å². The first-order valence-electron chi connectivity index (χ1n) is 6.41. The van der Waals surface area contributed by atoms with E-state index in [0.717, 1.165) is 27.8 Å². The molecule has 0 aliphatic heterocycles. The van der Waals surface area contributed by atoms with Crippen molar-refractivity contribution in [2.75, 3.05) is 20.0 Å². The molecule has 0 spiro atoms. The Bertz CT molecular complexity index is 795. The lowest BCUT2D eigenvalue weighted by Gasteiger charge is -2.10. The van der Waals surface area contributed by atoms with E-state index in [4.69, 9.17) is 15.2 Å². The summed E-state index contributed by atoms with van der Waals surface area (Å²) < 4.78 is 12.3. The van der Waals surface area contributed by atoms with E-state index in [0.29, 0.717) is 17.2 Å². The minimum atomic E-state index is 0.579. The lowest BCUT2D eigenvalue weighted by Crippen LogP contribution is -1.97. The van der Waals surface area contributed by atoms with E-state index in [9.17, 15) is 0 Å². The van der Waals surface area contributed by atoms with E-state index in [1.807, 2.05) is 13.0 Å². The Balaban J connectivity index is 2.15. The first kappa shape index (κ1) is 13.6. The maximum absolute atomic E-state index is 6.10. The van der Waals surface area contributed by atoms with Gasteiger partial charge in [0.2, 0.25) is 4.96 Å². The smallest absolute Gasteiger partial charge is 0.234 e. The molecule has 0 saturated carbocycles. The van der Waals surface area contributed by atoms with Crippen LogP contribution in [0.25, 0.3) is 15.5 Å². The van der Waals surface area contributed by atoms with E-state index >= 15 is 0 Å². The molecule has 8 heteroatoms. The number of ether oxygens (including phenoxy) is 2. The molecule has 3 rings (SSSR count). The number of hydrogen-bond acceptors (Lipinski definition) is 7. The fraction of sp³-hybridized carbons (Fsp3) is 0.308. The maximum Gasteiger partial charge on any atom is 0.234 e. The van der Waals surface area contributed by atoms with Gasteiger partial charge in [-0.2, -0.15) is 9.61 Å². The average molecular weight is 305 g/mol. The van der Waals surface area contributed by atoms with E-state index in [2.05, 4.69) is 15.3 Å². The van der Waals surface area contributed by atoms with Gasteiger partial charge in [-0.15, -0.1) is 10.2 Å². The summed E-state index contributed by atoms with van der Waals surface area (Å²) in [5.41, 5.74) is 7.48. The summed E-state index contributed by atoms with van der Waals surface area (Å²) in [7, 11) is 3.17. The molecule has 0 aliphatic carbocycles. The number of aryl methyl sites for hydroxylation is 1. The monoisotopic (exact) mass is 305 g/mol. The summed E-state index contributed by atoms with van der Waals surface area (Å²) in [5, 5.41) is 13.5. The Hall–Kier alpha value is -2.35. The van der Waals surface area contributed by atoms with Gasteiger partial charge in [-0.25, -0.2) is 0 Å². The van der Waals surface area contributed by atoms with Crippen molar-refractivity contribution >= 4 is 22.0 Å². The van der Waals surface area contributed by atoms with Crippen LogP contribution in [0, 0.1) is 0 Å². The summed E-state index contributed by atoms with van der Waals surface area (Å²) >= 11 is 1.44. The fourth-order valence-corrected chi connectivity index (χ4v) is 2.96. The number of nitrogen functional groups attached to an aromatic ring is 1. The topological polar surface area (TPSA) is 87.6 Å². The lowest BCUT2D eigenvalue weighted by atomic mass is 10.1. The number of benzene rings is 1. The summed E-state index contributed by atoms with van der Waals surface area (Å²) in [6.07, 6.45) is 0.770. The van der Waals surface area contributed by atoms with E-state index in [1.54, 1.807) is 24.8 Å². The van der Waals surface area contributed by atoms with Gasteiger partial charge in [-0.05, 0) is 6.07 Å². The molecule has 2 heterocycles. The minimum absolute atomic E-state index is 0.579. The normalized spacial score (nSPS) is 11.0. The quantitative estimate of drug-likeness (QED) is 0.742. The molecule has 2 N–H and O–H groups in total.